The van der Waals surface area contributed by atoms with Gasteiger partial charge >= 0.3 is 0 Å². The lowest BCUT2D eigenvalue weighted by atomic mass is 9.98. The number of para-hydroxylation sites is 1. The summed E-state index contributed by atoms with van der Waals surface area (Å²) in [5.41, 5.74) is 11.8. The standard InChI is InChI=1S/C17H17F2N9O4S3/c18-15(19)9(20)6-23-35(31,32)11-5-4-7(8-2-1-3-10-13(8)24-17(21)33-10)12(14(11)34(22,29)30)16-25-27-28-26-16/h1-5,9,15,23H,6,20H2,(H2,21,24)(H2,22,29,30)(H,25,26,27,28). The maximum absolute atomic E-state index is 13.0. The number of aromatic nitrogens is 5. The number of fused-ring (bicyclic) bond motifs is 1. The summed E-state index contributed by atoms with van der Waals surface area (Å²) < 4.78 is 79.6. The third kappa shape index (κ3) is 4.83. The van der Waals surface area contributed by atoms with E-state index in [2.05, 4.69) is 25.6 Å². The van der Waals surface area contributed by atoms with Crippen molar-refractivity contribution in [3.05, 3.63) is 30.3 Å². The van der Waals surface area contributed by atoms with Crippen LogP contribution < -0.4 is 21.3 Å². The van der Waals surface area contributed by atoms with E-state index in [9.17, 15) is 25.6 Å². The van der Waals surface area contributed by atoms with Crippen LogP contribution in [0.3, 0.4) is 0 Å². The third-order valence-corrected chi connectivity index (χ3v) is 8.27. The first-order chi connectivity index (χ1) is 16.4. The van der Waals surface area contributed by atoms with Crippen molar-refractivity contribution >= 4 is 46.7 Å². The topological polar surface area (TPSA) is 226 Å². The predicted molar refractivity (Wildman–Crippen MR) is 123 cm³/mol. The van der Waals surface area contributed by atoms with E-state index < -0.39 is 48.8 Å². The predicted octanol–water partition coefficient (Wildman–Crippen LogP) is 0.244. The Kier molecular flexibility index (Phi) is 6.51. The van der Waals surface area contributed by atoms with Crippen molar-refractivity contribution in [2.24, 2.45) is 10.9 Å². The van der Waals surface area contributed by atoms with Gasteiger partial charge in [-0.05, 0) is 28.1 Å². The lowest BCUT2D eigenvalue weighted by molar-refractivity contribution is 0.117. The minimum absolute atomic E-state index is 0.173. The number of H-pyrrole nitrogens is 1. The number of benzene rings is 2. The molecule has 1 unspecified atom stereocenters. The fourth-order valence-electron chi connectivity index (χ4n) is 3.34. The number of hydrogen-bond donors (Lipinski definition) is 5. The van der Waals surface area contributed by atoms with E-state index >= 15 is 0 Å². The molecule has 0 fully saturated rings. The van der Waals surface area contributed by atoms with Gasteiger partial charge in [-0.25, -0.2) is 45.6 Å². The van der Waals surface area contributed by atoms with Gasteiger partial charge in [0.1, 0.15) is 9.79 Å². The molecule has 35 heavy (non-hydrogen) atoms. The molecule has 2 aromatic heterocycles. The van der Waals surface area contributed by atoms with Crippen molar-refractivity contribution in [3.8, 4) is 22.5 Å². The van der Waals surface area contributed by atoms with E-state index in [1.807, 2.05) is 4.72 Å². The van der Waals surface area contributed by atoms with Crippen molar-refractivity contribution in [3.63, 3.8) is 0 Å². The molecule has 0 radical (unpaired) electrons. The zero-order valence-corrected chi connectivity index (χ0v) is 19.8. The van der Waals surface area contributed by atoms with Crippen LogP contribution in [-0.2, 0) is 20.0 Å². The van der Waals surface area contributed by atoms with E-state index in [4.69, 9.17) is 16.6 Å². The van der Waals surface area contributed by atoms with Crippen LogP contribution in [0.2, 0.25) is 0 Å². The molecular formula is C17H17F2N9O4S3. The summed E-state index contributed by atoms with van der Waals surface area (Å²) in [6, 6.07) is 5.49. The van der Waals surface area contributed by atoms with Crippen molar-refractivity contribution in [1.29, 1.82) is 0 Å². The summed E-state index contributed by atoms with van der Waals surface area (Å²) in [4.78, 5) is 2.62. The first-order valence-electron chi connectivity index (χ1n) is 9.53. The number of alkyl halides is 2. The van der Waals surface area contributed by atoms with Gasteiger partial charge in [0.15, 0.2) is 11.0 Å². The largest absolute Gasteiger partial charge is 0.375 e. The highest BCUT2D eigenvalue weighted by Crippen LogP contribution is 2.41. The number of primary sulfonamides is 1. The number of nitrogens with two attached hydrogens (primary N) is 3. The molecule has 2 aromatic carbocycles. The number of nitrogen functional groups attached to an aromatic ring is 1. The number of hydrogen-bond acceptors (Lipinski definition) is 11. The van der Waals surface area contributed by atoms with Crippen LogP contribution in [0.4, 0.5) is 13.9 Å². The second kappa shape index (κ2) is 9.13. The number of nitrogens with one attached hydrogen (secondary N) is 2. The maximum Gasteiger partial charge on any atom is 0.254 e. The molecule has 0 aliphatic heterocycles. The van der Waals surface area contributed by atoms with Crippen molar-refractivity contribution in [2.45, 2.75) is 22.3 Å². The molecule has 4 aromatic rings. The second-order valence-corrected chi connectivity index (χ2v) is 11.5. The van der Waals surface area contributed by atoms with Crippen LogP contribution in [0.15, 0.2) is 40.1 Å². The Labute approximate surface area is 200 Å². The Bertz CT molecular complexity index is 1610. The van der Waals surface area contributed by atoms with Gasteiger partial charge in [-0.3, -0.25) is 0 Å². The molecule has 0 bridgehead atoms. The van der Waals surface area contributed by atoms with Gasteiger partial charge in [0.2, 0.25) is 20.0 Å². The normalized spacial score (nSPS) is 13.5. The van der Waals surface area contributed by atoms with E-state index in [1.54, 1.807) is 18.2 Å². The van der Waals surface area contributed by atoms with Gasteiger partial charge in [0.05, 0.1) is 21.8 Å². The van der Waals surface area contributed by atoms with Gasteiger partial charge in [-0.15, -0.1) is 5.10 Å². The number of sulfonamides is 2. The fraction of sp³-hybridized carbons (Fsp3) is 0.176. The van der Waals surface area contributed by atoms with Gasteiger partial charge in [-0.2, -0.15) is 0 Å². The molecule has 18 heteroatoms. The van der Waals surface area contributed by atoms with Crippen LogP contribution in [0.5, 0.6) is 0 Å². The van der Waals surface area contributed by atoms with Gasteiger partial charge in [-0.1, -0.05) is 29.5 Å². The lowest BCUT2D eigenvalue weighted by Gasteiger charge is -2.18. The molecule has 186 valence electrons. The number of thiazole rings is 1. The molecule has 8 N–H and O–H groups in total. The third-order valence-electron chi connectivity index (χ3n) is 4.84. The molecule has 1 atom stereocenters. The molecule has 0 amide bonds. The molecule has 0 spiro atoms. The number of rotatable bonds is 8. The zero-order chi connectivity index (χ0) is 25.5. The Balaban J connectivity index is 2.03. The van der Waals surface area contributed by atoms with Crippen molar-refractivity contribution in [1.82, 2.24) is 30.3 Å². The average Bonchev–Trinajstić information content (AvgIpc) is 3.44. The number of nitrogens with zero attached hydrogens (tertiary/aromatic N) is 4. The van der Waals surface area contributed by atoms with E-state index in [1.165, 1.54) is 17.4 Å². The molecule has 2 heterocycles. The zero-order valence-electron chi connectivity index (χ0n) is 17.4. The first kappa shape index (κ1) is 24.9. The van der Waals surface area contributed by atoms with E-state index in [0.29, 0.717) is 15.8 Å². The van der Waals surface area contributed by atoms with Crippen molar-refractivity contribution in [2.75, 3.05) is 12.3 Å². The monoisotopic (exact) mass is 545 g/mol. The minimum Gasteiger partial charge on any atom is -0.375 e. The molecule has 0 saturated heterocycles. The molecule has 0 aliphatic rings. The van der Waals surface area contributed by atoms with E-state index in [0.717, 1.165) is 6.07 Å². The Hall–Kier alpha value is -3.16. The second-order valence-electron chi connectivity index (χ2n) is 7.16. The lowest BCUT2D eigenvalue weighted by Crippen LogP contribution is -2.42. The smallest absolute Gasteiger partial charge is 0.254 e. The highest BCUT2D eigenvalue weighted by atomic mass is 32.2. The summed E-state index contributed by atoms with van der Waals surface area (Å²) in [5.74, 6) is -0.217. The minimum atomic E-state index is -4.76. The number of aromatic amines is 1. The van der Waals surface area contributed by atoms with Crippen LogP contribution in [0.1, 0.15) is 0 Å². The number of anilines is 1. The van der Waals surface area contributed by atoms with Crippen LogP contribution in [-0.4, -0.2) is 61.5 Å². The quantitative estimate of drug-likeness (QED) is 0.203. The highest BCUT2D eigenvalue weighted by Gasteiger charge is 2.33. The first-order valence-corrected chi connectivity index (χ1v) is 13.4. The molecule has 0 aliphatic carbocycles. The Morgan fingerprint density at radius 2 is 1.86 bits per heavy atom. The van der Waals surface area contributed by atoms with Crippen molar-refractivity contribution < 1.29 is 25.6 Å². The molecule has 13 nitrogen and oxygen atoms in total. The Morgan fingerprint density at radius 3 is 2.49 bits per heavy atom. The summed E-state index contributed by atoms with van der Waals surface area (Å²) in [5, 5.41) is 18.7. The van der Waals surface area contributed by atoms with Gasteiger partial charge in [0, 0.05) is 12.1 Å². The summed E-state index contributed by atoms with van der Waals surface area (Å²) in [6.45, 7) is -0.859. The Morgan fingerprint density at radius 1 is 1.11 bits per heavy atom. The van der Waals surface area contributed by atoms with E-state index in [-0.39, 0.29) is 22.1 Å². The van der Waals surface area contributed by atoms with Crippen LogP contribution in [0.25, 0.3) is 32.7 Å². The maximum atomic E-state index is 13.0. The summed E-state index contributed by atoms with van der Waals surface area (Å²) in [6.07, 6.45) is -3.01. The highest BCUT2D eigenvalue weighted by molar-refractivity contribution is 7.92. The number of halogens is 2. The molecular weight excluding hydrogens is 528 g/mol. The van der Waals surface area contributed by atoms with Gasteiger partial charge < -0.3 is 11.5 Å². The van der Waals surface area contributed by atoms with Crippen LogP contribution in [0, 0.1) is 0 Å². The number of tetrazole rings is 1. The fourth-order valence-corrected chi connectivity index (χ4v) is 6.78. The molecule has 0 saturated carbocycles. The summed E-state index contributed by atoms with van der Waals surface area (Å²) in [7, 11) is -9.46. The van der Waals surface area contributed by atoms with Crippen LogP contribution >= 0.6 is 11.3 Å². The average molecular weight is 546 g/mol. The molecule has 4 rings (SSSR count). The summed E-state index contributed by atoms with van der Waals surface area (Å²) >= 11 is 1.19. The van der Waals surface area contributed by atoms with Gasteiger partial charge in [0.25, 0.3) is 6.43 Å². The SMILES string of the molecule is Nc1nc2c(-c3ccc(S(=O)(=O)NCC(N)C(F)F)c(S(N)(=O)=O)c3-c3nnn[nH]3)cccc2s1.